The van der Waals surface area contributed by atoms with Crippen LogP contribution in [0.5, 0.6) is 0 Å². The van der Waals surface area contributed by atoms with E-state index >= 15 is 0 Å². The largest absolute Gasteiger partial charge is 0.289 e. The van der Waals surface area contributed by atoms with E-state index in [2.05, 4.69) is 10.2 Å². The van der Waals surface area contributed by atoms with Crippen LogP contribution in [0.25, 0.3) is 17.3 Å². The number of halogens is 3. The summed E-state index contributed by atoms with van der Waals surface area (Å²) in [6, 6.07) is 14.0. The highest BCUT2D eigenvalue weighted by Crippen LogP contribution is 2.23. The highest BCUT2D eigenvalue weighted by molar-refractivity contribution is 6.42. The number of hydrogen-bond donors (Lipinski definition) is 1. The maximum absolute atomic E-state index is 12.2. The Morgan fingerprint density at radius 2 is 1.71 bits per heavy atom. The summed E-state index contributed by atoms with van der Waals surface area (Å²) in [6.45, 7) is 0. The topological polar surface area (TPSA) is 45.8 Å². The number of nitrogens with one attached hydrogen (secondary N) is 1. The van der Waals surface area contributed by atoms with Crippen LogP contribution < -0.4 is 0 Å². The van der Waals surface area contributed by atoms with E-state index in [4.69, 9.17) is 34.8 Å². The third-order valence-corrected chi connectivity index (χ3v) is 4.35. The molecule has 0 unspecified atom stereocenters. The number of ketones is 1. The third-order valence-electron chi connectivity index (χ3n) is 3.36. The zero-order valence-electron chi connectivity index (χ0n) is 12.3. The van der Waals surface area contributed by atoms with Gasteiger partial charge in [-0.15, -0.1) is 0 Å². The third kappa shape index (κ3) is 3.88. The Hall–Kier alpha value is -2.07. The number of benzene rings is 2. The van der Waals surface area contributed by atoms with Crippen molar-refractivity contribution >= 4 is 46.7 Å². The SMILES string of the molecule is O=C(C=Cc1cc(-c2ccc(Cl)cc2)n[nH]1)c1ccc(Cl)c(Cl)c1. The minimum absolute atomic E-state index is 0.170. The summed E-state index contributed by atoms with van der Waals surface area (Å²) in [6.07, 6.45) is 3.12. The lowest BCUT2D eigenvalue weighted by molar-refractivity contribution is 0.104. The van der Waals surface area contributed by atoms with Crippen LogP contribution in [0.3, 0.4) is 0 Å². The first-order valence-electron chi connectivity index (χ1n) is 7.02. The molecule has 2 aromatic carbocycles. The molecule has 120 valence electrons. The number of aromatic nitrogens is 2. The molecule has 0 radical (unpaired) electrons. The molecule has 24 heavy (non-hydrogen) atoms. The maximum Gasteiger partial charge on any atom is 0.185 e. The van der Waals surface area contributed by atoms with E-state index in [0.717, 1.165) is 11.3 Å². The fourth-order valence-corrected chi connectivity index (χ4v) is 2.53. The number of rotatable bonds is 4. The first-order valence-corrected chi connectivity index (χ1v) is 8.15. The Balaban J connectivity index is 1.76. The summed E-state index contributed by atoms with van der Waals surface area (Å²) in [4.78, 5) is 12.2. The van der Waals surface area contributed by atoms with Gasteiger partial charge in [-0.2, -0.15) is 5.10 Å². The Bertz CT molecular complexity index is 914. The van der Waals surface area contributed by atoms with Crippen LogP contribution in [-0.4, -0.2) is 16.0 Å². The molecule has 1 aromatic heterocycles. The van der Waals surface area contributed by atoms with Crippen molar-refractivity contribution in [2.75, 3.05) is 0 Å². The normalized spacial score (nSPS) is 11.1. The summed E-state index contributed by atoms with van der Waals surface area (Å²) in [5, 5.41) is 8.53. The molecule has 0 aliphatic heterocycles. The van der Waals surface area contributed by atoms with Gasteiger partial charge in [0.05, 0.1) is 21.4 Å². The molecular formula is C18H11Cl3N2O. The van der Waals surface area contributed by atoms with Gasteiger partial charge in [-0.3, -0.25) is 9.89 Å². The lowest BCUT2D eigenvalue weighted by atomic mass is 10.1. The van der Waals surface area contributed by atoms with Crippen LogP contribution in [-0.2, 0) is 0 Å². The molecule has 3 rings (SSSR count). The monoisotopic (exact) mass is 376 g/mol. The second kappa shape index (κ2) is 7.22. The molecule has 1 heterocycles. The smallest absolute Gasteiger partial charge is 0.185 e. The average Bonchev–Trinajstić information content (AvgIpc) is 3.05. The van der Waals surface area contributed by atoms with E-state index in [9.17, 15) is 4.79 Å². The van der Waals surface area contributed by atoms with Gasteiger partial charge in [-0.1, -0.05) is 46.9 Å². The van der Waals surface area contributed by atoms with E-state index < -0.39 is 0 Å². The summed E-state index contributed by atoms with van der Waals surface area (Å²) >= 11 is 17.6. The summed E-state index contributed by atoms with van der Waals surface area (Å²) in [5.74, 6) is -0.170. The molecule has 1 N–H and O–H groups in total. The molecule has 0 aliphatic rings. The zero-order chi connectivity index (χ0) is 17.1. The van der Waals surface area contributed by atoms with Crippen LogP contribution in [0.4, 0.5) is 0 Å². The highest BCUT2D eigenvalue weighted by atomic mass is 35.5. The van der Waals surface area contributed by atoms with Crippen molar-refractivity contribution in [2.45, 2.75) is 0 Å². The van der Waals surface area contributed by atoms with Crippen molar-refractivity contribution in [1.29, 1.82) is 0 Å². The van der Waals surface area contributed by atoms with Gasteiger partial charge in [0, 0.05) is 16.1 Å². The number of allylic oxidation sites excluding steroid dienone is 1. The second-order valence-corrected chi connectivity index (χ2v) is 6.29. The number of carbonyl (C=O) groups excluding carboxylic acids is 1. The van der Waals surface area contributed by atoms with Crippen molar-refractivity contribution in [3.8, 4) is 11.3 Å². The number of carbonyl (C=O) groups is 1. The fourth-order valence-electron chi connectivity index (χ4n) is 2.10. The van der Waals surface area contributed by atoms with E-state index in [1.165, 1.54) is 6.08 Å². The molecule has 3 nitrogen and oxygen atoms in total. The molecule has 0 atom stereocenters. The van der Waals surface area contributed by atoms with Crippen LogP contribution in [0.15, 0.2) is 54.6 Å². The second-order valence-electron chi connectivity index (χ2n) is 5.04. The molecule has 0 saturated carbocycles. The van der Waals surface area contributed by atoms with E-state index in [1.807, 2.05) is 18.2 Å². The zero-order valence-corrected chi connectivity index (χ0v) is 14.5. The van der Waals surface area contributed by atoms with Gasteiger partial charge in [-0.25, -0.2) is 0 Å². The molecule has 0 aliphatic carbocycles. The molecule has 0 saturated heterocycles. The summed E-state index contributed by atoms with van der Waals surface area (Å²) < 4.78 is 0. The van der Waals surface area contributed by atoms with Crippen molar-refractivity contribution in [2.24, 2.45) is 0 Å². The number of H-pyrrole nitrogens is 1. The highest BCUT2D eigenvalue weighted by Gasteiger charge is 2.06. The molecule has 0 spiro atoms. The molecule has 0 amide bonds. The predicted octanol–water partition coefficient (Wildman–Crippen LogP) is 5.93. The first-order chi connectivity index (χ1) is 11.5. The molecule has 3 aromatic rings. The standard InChI is InChI=1S/C18H11Cl3N2O/c19-13-4-1-11(2-5-13)17-10-14(22-23-17)6-8-18(24)12-3-7-15(20)16(21)9-12/h1-10H,(H,22,23). The van der Waals surface area contributed by atoms with Crippen molar-refractivity contribution in [3.05, 3.63) is 80.9 Å². The van der Waals surface area contributed by atoms with Crippen molar-refractivity contribution in [1.82, 2.24) is 10.2 Å². The molecule has 0 bridgehead atoms. The van der Waals surface area contributed by atoms with E-state index in [-0.39, 0.29) is 5.78 Å². The predicted molar refractivity (Wildman–Crippen MR) is 98.9 cm³/mol. The Morgan fingerprint density at radius 1 is 0.958 bits per heavy atom. The van der Waals surface area contributed by atoms with Gasteiger partial charge in [0.2, 0.25) is 0 Å². The van der Waals surface area contributed by atoms with Gasteiger partial charge in [0.15, 0.2) is 5.78 Å². The lowest BCUT2D eigenvalue weighted by Crippen LogP contribution is -1.93. The van der Waals surface area contributed by atoms with Crippen molar-refractivity contribution in [3.63, 3.8) is 0 Å². The number of hydrogen-bond acceptors (Lipinski definition) is 2. The van der Waals surface area contributed by atoms with Crippen LogP contribution in [0.2, 0.25) is 15.1 Å². The summed E-state index contributed by atoms with van der Waals surface area (Å²) in [7, 11) is 0. The van der Waals surface area contributed by atoms with Crippen LogP contribution >= 0.6 is 34.8 Å². The Kier molecular flexibility index (Phi) is 5.05. The minimum atomic E-state index is -0.170. The summed E-state index contributed by atoms with van der Waals surface area (Å²) in [5.41, 5.74) is 2.89. The molecule has 0 fully saturated rings. The number of nitrogens with zero attached hydrogens (tertiary/aromatic N) is 1. The van der Waals surface area contributed by atoms with E-state index in [0.29, 0.717) is 26.3 Å². The lowest BCUT2D eigenvalue weighted by Gasteiger charge is -1.98. The minimum Gasteiger partial charge on any atom is -0.289 e. The average molecular weight is 378 g/mol. The van der Waals surface area contributed by atoms with E-state index in [1.54, 1.807) is 36.4 Å². The van der Waals surface area contributed by atoms with Gasteiger partial charge in [-0.05, 0) is 48.6 Å². The Morgan fingerprint density at radius 3 is 2.42 bits per heavy atom. The van der Waals surface area contributed by atoms with Crippen LogP contribution in [0, 0.1) is 0 Å². The quantitative estimate of drug-likeness (QED) is 0.452. The molecule has 6 heteroatoms. The fraction of sp³-hybridized carbons (Fsp3) is 0. The van der Waals surface area contributed by atoms with Gasteiger partial charge < -0.3 is 0 Å². The Labute approximate surface area is 153 Å². The molecular weight excluding hydrogens is 367 g/mol. The first kappa shape index (κ1) is 16.8. The van der Waals surface area contributed by atoms with Gasteiger partial charge >= 0.3 is 0 Å². The number of aromatic amines is 1. The van der Waals surface area contributed by atoms with Crippen molar-refractivity contribution < 1.29 is 4.79 Å². The van der Waals surface area contributed by atoms with Gasteiger partial charge in [0.25, 0.3) is 0 Å². The van der Waals surface area contributed by atoms with Gasteiger partial charge in [0.1, 0.15) is 0 Å². The van der Waals surface area contributed by atoms with Crippen LogP contribution in [0.1, 0.15) is 16.1 Å². The maximum atomic E-state index is 12.2.